The summed E-state index contributed by atoms with van der Waals surface area (Å²) in [6.07, 6.45) is 0. The SMILES string of the molecule is Cc1cccc(C(=O)Nc2cccc(C(C)N)c2)n1. The molecule has 3 N–H and O–H groups in total. The van der Waals surface area contributed by atoms with Gasteiger partial charge in [0.1, 0.15) is 5.69 Å². The molecule has 0 spiro atoms. The zero-order valence-corrected chi connectivity index (χ0v) is 11.1. The summed E-state index contributed by atoms with van der Waals surface area (Å²) in [5.74, 6) is -0.217. The van der Waals surface area contributed by atoms with E-state index in [2.05, 4.69) is 10.3 Å². The molecular formula is C15H17N3O. The molecule has 4 heteroatoms. The average Bonchev–Trinajstić information content (AvgIpc) is 2.39. The summed E-state index contributed by atoms with van der Waals surface area (Å²) in [6.45, 7) is 3.76. The average molecular weight is 255 g/mol. The fourth-order valence-corrected chi connectivity index (χ4v) is 1.76. The van der Waals surface area contributed by atoms with E-state index in [1.54, 1.807) is 6.07 Å². The summed E-state index contributed by atoms with van der Waals surface area (Å²) in [6, 6.07) is 12.8. The molecule has 1 aromatic heterocycles. The normalized spacial score (nSPS) is 11.9. The Balaban J connectivity index is 2.17. The summed E-state index contributed by atoms with van der Waals surface area (Å²) < 4.78 is 0. The summed E-state index contributed by atoms with van der Waals surface area (Å²) in [5.41, 5.74) is 8.75. The standard InChI is InChI=1S/C15H17N3O/c1-10-5-3-8-14(17-10)15(19)18-13-7-4-6-12(9-13)11(2)16/h3-9,11H,16H2,1-2H3,(H,18,19). The van der Waals surface area contributed by atoms with Crippen molar-refractivity contribution >= 4 is 11.6 Å². The Hall–Kier alpha value is -2.20. The fraction of sp³-hybridized carbons (Fsp3) is 0.200. The molecule has 0 bridgehead atoms. The summed E-state index contributed by atoms with van der Waals surface area (Å²) >= 11 is 0. The second kappa shape index (κ2) is 5.63. The highest BCUT2D eigenvalue weighted by molar-refractivity contribution is 6.02. The summed E-state index contributed by atoms with van der Waals surface area (Å²) in [7, 11) is 0. The summed E-state index contributed by atoms with van der Waals surface area (Å²) in [4.78, 5) is 16.2. The number of aryl methyl sites for hydroxylation is 1. The molecule has 0 saturated heterocycles. The number of amides is 1. The molecule has 2 rings (SSSR count). The van der Waals surface area contributed by atoms with Crippen LogP contribution in [0.5, 0.6) is 0 Å². The van der Waals surface area contributed by atoms with Gasteiger partial charge in [-0.25, -0.2) is 4.98 Å². The van der Waals surface area contributed by atoms with Crippen molar-refractivity contribution in [3.8, 4) is 0 Å². The highest BCUT2D eigenvalue weighted by atomic mass is 16.1. The summed E-state index contributed by atoms with van der Waals surface area (Å²) in [5, 5.41) is 2.82. The van der Waals surface area contributed by atoms with Crippen molar-refractivity contribution in [2.75, 3.05) is 5.32 Å². The lowest BCUT2D eigenvalue weighted by Crippen LogP contribution is -2.14. The maximum absolute atomic E-state index is 12.0. The van der Waals surface area contributed by atoms with E-state index in [1.807, 2.05) is 50.2 Å². The lowest BCUT2D eigenvalue weighted by Gasteiger charge is -2.09. The molecule has 0 aliphatic heterocycles. The van der Waals surface area contributed by atoms with Crippen LogP contribution < -0.4 is 11.1 Å². The number of nitrogens with two attached hydrogens (primary N) is 1. The van der Waals surface area contributed by atoms with Gasteiger partial charge in [-0.3, -0.25) is 4.79 Å². The molecule has 1 atom stereocenters. The first-order valence-electron chi connectivity index (χ1n) is 6.17. The predicted molar refractivity (Wildman–Crippen MR) is 76.0 cm³/mol. The van der Waals surface area contributed by atoms with Crippen molar-refractivity contribution in [3.05, 3.63) is 59.4 Å². The molecule has 2 aromatic rings. The first kappa shape index (κ1) is 13.2. The van der Waals surface area contributed by atoms with Gasteiger partial charge in [-0.15, -0.1) is 0 Å². The highest BCUT2D eigenvalue weighted by Crippen LogP contribution is 2.16. The van der Waals surface area contributed by atoms with Crippen molar-refractivity contribution in [3.63, 3.8) is 0 Å². The van der Waals surface area contributed by atoms with E-state index in [4.69, 9.17) is 5.73 Å². The number of nitrogens with one attached hydrogen (secondary N) is 1. The fourth-order valence-electron chi connectivity index (χ4n) is 1.76. The first-order chi connectivity index (χ1) is 9.06. The van der Waals surface area contributed by atoms with Gasteiger partial charge in [-0.05, 0) is 43.7 Å². The van der Waals surface area contributed by atoms with Gasteiger partial charge in [-0.1, -0.05) is 18.2 Å². The predicted octanol–water partition coefficient (Wildman–Crippen LogP) is 2.66. The van der Waals surface area contributed by atoms with Gasteiger partial charge in [0.15, 0.2) is 0 Å². The quantitative estimate of drug-likeness (QED) is 0.886. The first-order valence-corrected chi connectivity index (χ1v) is 6.17. The van der Waals surface area contributed by atoms with Crippen LogP contribution in [0.3, 0.4) is 0 Å². The van der Waals surface area contributed by atoms with E-state index in [9.17, 15) is 4.79 Å². The molecule has 1 amide bonds. The van der Waals surface area contributed by atoms with Crippen LogP contribution in [0.25, 0.3) is 0 Å². The van der Waals surface area contributed by atoms with Crippen LogP contribution >= 0.6 is 0 Å². The van der Waals surface area contributed by atoms with E-state index < -0.39 is 0 Å². The lowest BCUT2D eigenvalue weighted by atomic mass is 10.1. The van der Waals surface area contributed by atoms with Gasteiger partial charge in [-0.2, -0.15) is 0 Å². The Bertz CT molecular complexity index is 593. The highest BCUT2D eigenvalue weighted by Gasteiger charge is 2.08. The zero-order valence-electron chi connectivity index (χ0n) is 11.1. The molecule has 1 heterocycles. The second-order valence-electron chi connectivity index (χ2n) is 4.53. The van der Waals surface area contributed by atoms with E-state index in [0.717, 1.165) is 16.9 Å². The van der Waals surface area contributed by atoms with Crippen molar-refractivity contribution in [2.45, 2.75) is 19.9 Å². The van der Waals surface area contributed by atoms with Crippen molar-refractivity contribution in [1.29, 1.82) is 0 Å². The van der Waals surface area contributed by atoms with Crippen molar-refractivity contribution < 1.29 is 4.79 Å². The Labute approximate surface area is 112 Å². The number of aromatic nitrogens is 1. The number of pyridine rings is 1. The topological polar surface area (TPSA) is 68.0 Å². The molecular weight excluding hydrogens is 238 g/mol. The number of carbonyl (C=O) groups excluding carboxylic acids is 1. The lowest BCUT2D eigenvalue weighted by molar-refractivity contribution is 0.102. The molecule has 0 fully saturated rings. The van der Waals surface area contributed by atoms with Gasteiger partial charge in [0, 0.05) is 17.4 Å². The molecule has 4 nitrogen and oxygen atoms in total. The maximum Gasteiger partial charge on any atom is 0.274 e. The minimum Gasteiger partial charge on any atom is -0.324 e. The Morgan fingerprint density at radius 1 is 1.26 bits per heavy atom. The van der Waals surface area contributed by atoms with Crippen LogP contribution in [-0.4, -0.2) is 10.9 Å². The molecule has 0 aliphatic carbocycles. The van der Waals surface area contributed by atoms with Crippen LogP contribution in [0.1, 0.15) is 34.7 Å². The maximum atomic E-state index is 12.0. The van der Waals surface area contributed by atoms with Crippen LogP contribution in [0.15, 0.2) is 42.5 Å². The van der Waals surface area contributed by atoms with Crippen molar-refractivity contribution in [2.24, 2.45) is 5.73 Å². The third-order valence-corrected chi connectivity index (χ3v) is 2.79. The van der Waals surface area contributed by atoms with Gasteiger partial charge in [0.2, 0.25) is 0 Å². The monoisotopic (exact) mass is 255 g/mol. The zero-order chi connectivity index (χ0) is 13.8. The third-order valence-electron chi connectivity index (χ3n) is 2.79. The molecule has 98 valence electrons. The largest absolute Gasteiger partial charge is 0.324 e. The number of carbonyl (C=O) groups is 1. The van der Waals surface area contributed by atoms with E-state index in [0.29, 0.717) is 5.69 Å². The minimum absolute atomic E-state index is 0.0612. The Morgan fingerprint density at radius 2 is 2.00 bits per heavy atom. The molecule has 1 aromatic carbocycles. The number of rotatable bonds is 3. The number of anilines is 1. The number of hydrogen-bond acceptors (Lipinski definition) is 3. The third kappa shape index (κ3) is 3.39. The number of hydrogen-bond donors (Lipinski definition) is 2. The van der Waals surface area contributed by atoms with Gasteiger partial charge < -0.3 is 11.1 Å². The van der Waals surface area contributed by atoms with Crippen LogP contribution in [0.2, 0.25) is 0 Å². The number of nitrogens with zero attached hydrogens (tertiary/aromatic N) is 1. The smallest absolute Gasteiger partial charge is 0.274 e. The van der Waals surface area contributed by atoms with Gasteiger partial charge in [0.25, 0.3) is 5.91 Å². The van der Waals surface area contributed by atoms with Gasteiger partial charge in [0.05, 0.1) is 0 Å². The second-order valence-corrected chi connectivity index (χ2v) is 4.53. The van der Waals surface area contributed by atoms with Crippen LogP contribution in [-0.2, 0) is 0 Å². The van der Waals surface area contributed by atoms with Crippen LogP contribution in [0.4, 0.5) is 5.69 Å². The van der Waals surface area contributed by atoms with E-state index in [-0.39, 0.29) is 11.9 Å². The van der Waals surface area contributed by atoms with Crippen molar-refractivity contribution in [1.82, 2.24) is 4.98 Å². The van der Waals surface area contributed by atoms with E-state index in [1.165, 1.54) is 0 Å². The van der Waals surface area contributed by atoms with E-state index >= 15 is 0 Å². The minimum atomic E-state index is -0.217. The van der Waals surface area contributed by atoms with Gasteiger partial charge >= 0.3 is 0 Å². The molecule has 19 heavy (non-hydrogen) atoms. The molecule has 1 unspecified atom stereocenters. The molecule has 0 aliphatic rings. The Morgan fingerprint density at radius 3 is 2.68 bits per heavy atom. The number of benzene rings is 1. The molecule has 0 saturated carbocycles. The Kier molecular flexibility index (Phi) is 3.92. The van der Waals surface area contributed by atoms with Crippen LogP contribution in [0, 0.1) is 6.92 Å². The molecule has 0 radical (unpaired) electrons.